The molecule has 4 aromatic rings. The zero-order valence-electron chi connectivity index (χ0n) is 27.1. The van der Waals surface area contributed by atoms with Gasteiger partial charge in [-0.2, -0.15) is 0 Å². The average molecular weight is 715 g/mol. The minimum atomic E-state index is -0.910. The van der Waals surface area contributed by atoms with Crippen LogP contribution in [0.4, 0.5) is 4.79 Å². The van der Waals surface area contributed by atoms with E-state index in [-0.39, 0.29) is 50.2 Å². The molecule has 0 radical (unpaired) electrons. The third-order valence-electron chi connectivity index (χ3n) is 7.26. The number of benzene rings is 2. The number of rotatable bonds is 20. The molecule has 0 aliphatic rings. The molecule has 266 valence electrons. The summed E-state index contributed by atoms with van der Waals surface area (Å²) in [6.07, 6.45) is 2.44. The lowest BCUT2D eigenvalue weighted by molar-refractivity contribution is -0.757. The number of carbonyl (C=O) groups excluding carboxylic acids is 2. The normalized spacial score (nSPS) is 10.8. The molecule has 0 N–H and O–H groups in total. The van der Waals surface area contributed by atoms with Crippen molar-refractivity contribution in [2.75, 3.05) is 19.8 Å². The van der Waals surface area contributed by atoms with E-state index in [2.05, 4.69) is 37.0 Å². The number of imidazole rings is 1. The van der Waals surface area contributed by atoms with Crippen LogP contribution in [0.25, 0.3) is 22.5 Å². The van der Waals surface area contributed by atoms with Gasteiger partial charge in [0, 0.05) is 24.9 Å². The fraction of sp³-hybridized carbons (Fsp3) is 0.419. The molecule has 0 amide bonds. The highest BCUT2D eigenvalue weighted by atomic mass is 35.5. The molecular formula is C31H35ClN8O10. The number of esters is 1. The lowest BCUT2D eigenvalue weighted by Crippen LogP contribution is -2.17. The van der Waals surface area contributed by atoms with Gasteiger partial charge in [0.25, 0.3) is 10.2 Å². The first-order chi connectivity index (χ1) is 24.2. The van der Waals surface area contributed by atoms with Crippen molar-refractivity contribution in [1.29, 1.82) is 0 Å². The van der Waals surface area contributed by atoms with Crippen LogP contribution in [0.15, 0.2) is 48.5 Å². The second kappa shape index (κ2) is 18.8. The SMILES string of the molecule is CCCCc1nc(Cl)c(COC(=O)CCCO[N+](=O)[O-])n1Cc1ccc(-c2ccccc2-c2nnn(C(=O)OCCCCO[N+](=O)[O-])n2)cc1. The zero-order chi connectivity index (χ0) is 35.9. The number of aromatic nitrogens is 6. The minimum absolute atomic E-state index is 0.00136. The Hall–Kier alpha value is -5.65. The Bertz CT molecular complexity index is 1760. The van der Waals surface area contributed by atoms with Gasteiger partial charge < -0.3 is 23.7 Å². The molecule has 2 aromatic heterocycles. The number of halogens is 1. The molecule has 0 bridgehead atoms. The van der Waals surface area contributed by atoms with Crippen molar-refractivity contribution < 1.29 is 38.9 Å². The quantitative estimate of drug-likeness (QED) is 0.0494. The number of unbranched alkanes of at least 4 members (excludes halogenated alkanes) is 2. The maximum absolute atomic E-state index is 12.4. The smallest absolute Gasteiger partial charge is 0.453 e. The predicted molar refractivity (Wildman–Crippen MR) is 175 cm³/mol. The summed E-state index contributed by atoms with van der Waals surface area (Å²) >= 11 is 6.50. The van der Waals surface area contributed by atoms with Gasteiger partial charge in [-0.1, -0.05) is 78.3 Å². The Morgan fingerprint density at radius 2 is 1.56 bits per heavy atom. The molecule has 0 saturated heterocycles. The van der Waals surface area contributed by atoms with E-state index in [0.717, 1.165) is 40.2 Å². The zero-order valence-corrected chi connectivity index (χ0v) is 27.9. The first-order valence-electron chi connectivity index (χ1n) is 15.8. The lowest BCUT2D eigenvalue weighted by Gasteiger charge is -2.14. The van der Waals surface area contributed by atoms with Crippen LogP contribution in [0.5, 0.6) is 0 Å². The van der Waals surface area contributed by atoms with Gasteiger partial charge in [0.15, 0.2) is 5.15 Å². The van der Waals surface area contributed by atoms with Crippen LogP contribution in [-0.2, 0) is 43.5 Å². The molecule has 0 spiro atoms. The van der Waals surface area contributed by atoms with E-state index in [1.807, 2.05) is 53.1 Å². The molecule has 4 rings (SSSR count). The predicted octanol–water partition coefficient (Wildman–Crippen LogP) is 5.25. The van der Waals surface area contributed by atoms with Gasteiger partial charge >= 0.3 is 12.1 Å². The number of ether oxygens (including phenoxy) is 2. The molecule has 0 aliphatic heterocycles. The second-order valence-corrected chi connectivity index (χ2v) is 11.2. The van der Waals surface area contributed by atoms with Crippen molar-refractivity contribution in [2.24, 2.45) is 0 Å². The van der Waals surface area contributed by atoms with Crippen LogP contribution in [0.3, 0.4) is 0 Å². The Balaban J connectivity index is 1.44. The molecule has 0 aliphatic carbocycles. The number of carbonyl (C=O) groups is 2. The summed E-state index contributed by atoms with van der Waals surface area (Å²) in [5.74, 6) is 0.427. The van der Waals surface area contributed by atoms with Crippen LogP contribution in [0.2, 0.25) is 5.15 Å². The van der Waals surface area contributed by atoms with Gasteiger partial charge in [-0.3, -0.25) is 4.79 Å². The van der Waals surface area contributed by atoms with Gasteiger partial charge in [0.05, 0.1) is 25.5 Å². The topological polar surface area (TPSA) is 219 Å². The van der Waals surface area contributed by atoms with Crippen molar-refractivity contribution in [1.82, 2.24) is 29.8 Å². The summed E-state index contributed by atoms with van der Waals surface area (Å²) in [5.41, 5.74) is 3.75. The van der Waals surface area contributed by atoms with E-state index in [9.17, 15) is 29.8 Å². The van der Waals surface area contributed by atoms with Crippen LogP contribution in [0, 0.1) is 20.2 Å². The monoisotopic (exact) mass is 714 g/mol. The maximum atomic E-state index is 12.4. The van der Waals surface area contributed by atoms with Gasteiger partial charge in [-0.15, -0.1) is 30.4 Å². The first-order valence-corrected chi connectivity index (χ1v) is 16.1. The number of tetrazole rings is 1. The molecule has 0 saturated carbocycles. The largest absolute Gasteiger partial charge is 0.459 e. The van der Waals surface area contributed by atoms with E-state index in [1.165, 1.54) is 0 Å². The van der Waals surface area contributed by atoms with Crippen molar-refractivity contribution in [2.45, 2.75) is 65.0 Å². The summed E-state index contributed by atoms with van der Waals surface area (Å²) in [5, 5.41) is 31.0. The number of hydrogen-bond donors (Lipinski definition) is 0. The van der Waals surface area contributed by atoms with E-state index < -0.39 is 22.2 Å². The van der Waals surface area contributed by atoms with Crippen molar-refractivity contribution in [3.05, 3.63) is 91.0 Å². The molecule has 2 heterocycles. The highest BCUT2D eigenvalue weighted by Gasteiger charge is 2.19. The summed E-state index contributed by atoms with van der Waals surface area (Å²) in [6.45, 7) is 2.06. The van der Waals surface area contributed by atoms with Gasteiger partial charge in [-0.05, 0) is 47.6 Å². The summed E-state index contributed by atoms with van der Waals surface area (Å²) in [7, 11) is 0. The number of nitrogens with zero attached hydrogens (tertiary/aromatic N) is 8. The first kappa shape index (κ1) is 37.2. The minimum Gasteiger partial charge on any atom is -0.459 e. The summed E-state index contributed by atoms with van der Waals surface area (Å²) in [6, 6.07) is 15.2. The summed E-state index contributed by atoms with van der Waals surface area (Å²) in [4.78, 5) is 58.9. The van der Waals surface area contributed by atoms with Gasteiger partial charge in [0.1, 0.15) is 12.4 Å². The van der Waals surface area contributed by atoms with Crippen molar-refractivity contribution in [3.8, 4) is 22.5 Å². The third-order valence-corrected chi connectivity index (χ3v) is 7.56. The van der Waals surface area contributed by atoms with E-state index in [4.69, 9.17) is 21.1 Å². The molecule has 2 aromatic carbocycles. The Morgan fingerprint density at radius 3 is 2.26 bits per heavy atom. The molecular weight excluding hydrogens is 680 g/mol. The van der Waals surface area contributed by atoms with Crippen molar-refractivity contribution >= 4 is 23.7 Å². The van der Waals surface area contributed by atoms with Crippen LogP contribution in [0.1, 0.15) is 62.5 Å². The molecule has 0 unspecified atom stereocenters. The van der Waals surface area contributed by atoms with E-state index in [0.29, 0.717) is 37.1 Å². The lowest BCUT2D eigenvalue weighted by atomic mass is 9.98. The van der Waals surface area contributed by atoms with Crippen LogP contribution in [-0.4, -0.2) is 71.8 Å². The highest BCUT2D eigenvalue weighted by molar-refractivity contribution is 6.30. The summed E-state index contributed by atoms with van der Waals surface area (Å²) < 4.78 is 12.5. The Morgan fingerprint density at radius 1 is 0.880 bits per heavy atom. The molecule has 18 nitrogen and oxygen atoms in total. The fourth-order valence-electron chi connectivity index (χ4n) is 4.79. The second-order valence-electron chi connectivity index (χ2n) is 10.8. The van der Waals surface area contributed by atoms with Crippen LogP contribution < -0.4 is 0 Å². The Kier molecular flexibility index (Phi) is 14.0. The van der Waals surface area contributed by atoms with E-state index in [1.54, 1.807) is 0 Å². The third kappa shape index (κ3) is 10.9. The van der Waals surface area contributed by atoms with Crippen molar-refractivity contribution in [3.63, 3.8) is 0 Å². The average Bonchev–Trinajstić information content (AvgIpc) is 3.71. The highest BCUT2D eigenvalue weighted by Crippen LogP contribution is 2.30. The Labute approximate surface area is 290 Å². The molecule has 0 atom stereocenters. The number of hydrogen-bond acceptors (Lipinski definition) is 14. The maximum Gasteiger partial charge on any atom is 0.453 e. The van der Waals surface area contributed by atoms with Crippen LogP contribution >= 0.6 is 11.6 Å². The standard InChI is InChI=1S/C31H35ClN8O10/c1-2-3-11-27-33-29(32)26(21-48-28(41)12-8-19-50-40(45)46)37(27)20-22-13-15-23(16-14-22)24-9-4-5-10-25(24)30-34-36-38(35-30)31(42)47-17-6-7-18-49-39(43)44/h4-5,9-10,13-16H,2-3,6-8,11-12,17-21H2,1H3. The molecule has 19 heteroatoms. The molecule has 0 fully saturated rings. The van der Waals surface area contributed by atoms with Gasteiger partial charge in [0.2, 0.25) is 5.82 Å². The van der Waals surface area contributed by atoms with Gasteiger partial charge in [-0.25, -0.2) is 9.78 Å². The molecule has 50 heavy (non-hydrogen) atoms. The number of aryl methyl sites for hydroxylation is 1. The van der Waals surface area contributed by atoms with E-state index >= 15 is 0 Å². The fourth-order valence-corrected chi connectivity index (χ4v) is 5.05.